The fourth-order valence-electron chi connectivity index (χ4n) is 2.05. The molecule has 0 amide bonds. The van der Waals surface area contributed by atoms with E-state index in [0.29, 0.717) is 6.42 Å². The number of carbonyl (C=O) groups excluding carboxylic acids is 1. The largest absolute Gasteiger partial charge is 0.480 e. The number of rotatable bonds is 7. The lowest BCUT2D eigenvalue weighted by Gasteiger charge is -2.25. The molecule has 110 valence electrons. The lowest BCUT2D eigenvalue weighted by atomic mass is 9.79. The Labute approximate surface area is 127 Å². The predicted molar refractivity (Wildman–Crippen MR) is 79.5 cm³/mol. The van der Waals surface area contributed by atoms with E-state index in [-0.39, 0.29) is 19.4 Å². The summed E-state index contributed by atoms with van der Waals surface area (Å²) in [7, 11) is 0. The molecule has 0 bridgehead atoms. The van der Waals surface area contributed by atoms with Gasteiger partial charge in [-0.2, -0.15) is 0 Å². The van der Waals surface area contributed by atoms with Crippen LogP contribution in [0.4, 0.5) is 0 Å². The number of carbonyl (C=O) groups is 2. The molecule has 0 aromatic heterocycles. The summed E-state index contributed by atoms with van der Waals surface area (Å²) in [5.41, 5.74) is -0.458. The number of carboxylic acids is 1. The van der Waals surface area contributed by atoms with Crippen molar-refractivity contribution < 1.29 is 19.4 Å². The van der Waals surface area contributed by atoms with Crippen molar-refractivity contribution >= 4 is 27.9 Å². The van der Waals surface area contributed by atoms with E-state index in [2.05, 4.69) is 15.9 Å². The molecule has 0 spiro atoms. The minimum Gasteiger partial charge on any atom is -0.480 e. The van der Waals surface area contributed by atoms with Gasteiger partial charge in [-0.25, -0.2) is 0 Å². The molecule has 1 aromatic rings. The average Bonchev–Trinajstić information content (AvgIpc) is 2.42. The number of aryl methyl sites for hydroxylation is 1. The van der Waals surface area contributed by atoms with E-state index in [1.807, 2.05) is 24.3 Å². The summed E-state index contributed by atoms with van der Waals surface area (Å²) in [6, 6.07) is 7.62. The van der Waals surface area contributed by atoms with E-state index in [1.165, 1.54) is 0 Å². The van der Waals surface area contributed by atoms with Gasteiger partial charge in [0.25, 0.3) is 0 Å². The van der Waals surface area contributed by atoms with Crippen LogP contribution in [0.25, 0.3) is 0 Å². The maximum Gasteiger partial charge on any atom is 0.323 e. The molecule has 1 rings (SSSR count). The molecule has 0 fully saturated rings. The molecule has 1 atom stereocenters. The van der Waals surface area contributed by atoms with E-state index in [1.54, 1.807) is 13.8 Å². The molecule has 1 unspecified atom stereocenters. The Morgan fingerprint density at radius 2 is 1.85 bits per heavy atom. The molecule has 5 heteroatoms. The van der Waals surface area contributed by atoms with Crippen LogP contribution in [-0.2, 0) is 20.7 Å². The standard InChI is InChI=1S/C15H19BrO4/c1-3-15(13(17)18,14(19)20-4-2)10-9-11-5-7-12(16)8-6-11/h5-8H,3-4,9-10H2,1-2H3,(H,17,18). The van der Waals surface area contributed by atoms with E-state index < -0.39 is 17.4 Å². The van der Waals surface area contributed by atoms with Crippen LogP contribution in [0.1, 0.15) is 32.3 Å². The van der Waals surface area contributed by atoms with Gasteiger partial charge < -0.3 is 9.84 Å². The molecule has 0 aliphatic rings. The number of esters is 1. The number of aliphatic carboxylic acids is 1. The second-order valence-corrected chi connectivity index (χ2v) is 5.50. The average molecular weight is 343 g/mol. The van der Waals surface area contributed by atoms with Crippen LogP contribution in [0.15, 0.2) is 28.7 Å². The van der Waals surface area contributed by atoms with Crippen molar-refractivity contribution in [2.24, 2.45) is 5.41 Å². The van der Waals surface area contributed by atoms with Crippen molar-refractivity contribution in [3.8, 4) is 0 Å². The number of carboxylic acid groups (broad SMARTS) is 1. The second kappa shape index (κ2) is 7.43. The van der Waals surface area contributed by atoms with Crippen molar-refractivity contribution in [3.63, 3.8) is 0 Å². The van der Waals surface area contributed by atoms with Crippen LogP contribution in [0.2, 0.25) is 0 Å². The fourth-order valence-corrected chi connectivity index (χ4v) is 2.31. The first-order valence-corrected chi connectivity index (χ1v) is 7.40. The Kier molecular flexibility index (Phi) is 6.20. The van der Waals surface area contributed by atoms with E-state index >= 15 is 0 Å². The van der Waals surface area contributed by atoms with Gasteiger partial charge in [0.1, 0.15) is 0 Å². The summed E-state index contributed by atoms with van der Waals surface area (Å²) in [4.78, 5) is 23.5. The number of halogens is 1. The first kappa shape index (κ1) is 16.7. The van der Waals surface area contributed by atoms with Gasteiger partial charge in [0.2, 0.25) is 0 Å². The van der Waals surface area contributed by atoms with E-state index in [9.17, 15) is 14.7 Å². The van der Waals surface area contributed by atoms with Gasteiger partial charge in [0, 0.05) is 4.47 Å². The van der Waals surface area contributed by atoms with Gasteiger partial charge in [0.05, 0.1) is 6.61 Å². The topological polar surface area (TPSA) is 63.6 Å². The zero-order valence-corrected chi connectivity index (χ0v) is 13.3. The molecule has 0 aliphatic heterocycles. The molecular formula is C15H19BrO4. The Bertz CT molecular complexity index is 469. The Morgan fingerprint density at radius 3 is 2.30 bits per heavy atom. The van der Waals surface area contributed by atoms with Crippen LogP contribution >= 0.6 is 15.9 Å². The quantitative estimate of drug-likeness (QED) is 0.609. The summed E-state index contributed by atoms with van der Waals surface area (Å²) in [6.07, 6.45) is 0.975. The van der Waals surface area contributed by atoms with Crippen LogP contribution in [0.3, 0.4) is 0 Å². The molecule has 20 heavy (non-hydrogen) atoms. The van der Waals surface area contributed by atoms with Crippen molar-refractivity contribution in [1.29, 1.82) is 0 Å². The molecule has 1 aromatic carbocycles. The fraction of sp³-hybridized carbons (Fsp3) is 0.467. The zero-order valence-electron chi connectivity index (χ0n) is 11.7. The Balaban J connectivity index is 2.87. The maximum atomic E-state index is 12.0. The lowest BCUT2D eigenvalue weighted by Crippen LogP contribution is -2.40. The zero-order chi connectivity index (χ0) is 15.2. The normalized spacial score (nSPS) is 13.6. The maximum absolute atomic E-state index is 12.0. The highest BCUT2D eigenvalue weighted by molar-refractivity contribution is 9.10. The summed E-state index contributed by atoms with van der Waals surface area (Å²) in [6.45, 7) is 3.56. The summed E-state index contributed by atoms with van der Waals surface area (Å²) in [5, 5.41) is 9.43. The van der Waals surface area contributed by atoms with E-state index in [0.717, 1.165) is 10.0 Å². The molecule has 1 N–H and O–H groups in total. The minimum absolute atomic E-state index is 0.187. The summed E-state index contributed by atoms with van der Waals surface area (Å²) in [5.74, 6) is -1.76. The smallest absolute Gasteiger partial charge is 0.323 e. The van der Waals surface area contributed by atoms with Crippen LogP contribution in [0.5, 0.6) is 0 Å². The van der Waals surface area contributed by atoms with Crippen molar-refractivity contribution in [1.82, 2.24) is 0 Å². The molecular weight excluding hydrogens is 324 g/mol. The lowest BCUT2D eigenvalue weighted by molar-refractivity contribution is -0.169. The van der Waals surface area contributed by atoms with Crippen LogP contribution in [-0.4, -0.2) is 23.7 Å². The molecule has 0 heterocycles. The van der Waals surface area contributed by atoms with Gasteiger partial charge >= 0.3 is 11.9 Å². The summed E-state index contributed by atoms with van der Waals surface area (Å²) < 4.78 is 5.90. The molecule has 0 aliphatic carbocycles. The van der Waals surface area contributed by atoms with Gasteiger partial charge in [-0.3, -0.25) is 9.59 Å². The highest BCUT2D eigenvalue weighted by Crippen LogP contribution is 2.31. The van der Waals surface area contributed by atoms with Gasteiger partial charge in [0.15, 0.2) is 5.41 Å². The number of hydrogen-bond acceptors (Lipinski definition) is 3. The second-order valence-electron chi connectivity index (χ2n) is 4.59. The third-order valence-electron chi connectivity index (χ3n) is 3.43. The van der Waals surface area contributed by atoms with Crippen LogP contribution in [0, 0.1) is 5.41 Å². The van der Waals surface area contributed by atoms with Crippen molar-refractivity contribution in [3.05, 3.63) is 34.3 Å². The number of hydrogen-bond donors (Lipinski definition) is 1. The summed E-state index contributed by atoms with van der Waals surface area (Å²) >= 11 is 3.35. The first-order chi connectivity index (χ1) is 9.46. The predicted octanol–water partition coefficient (Wildman–Crippen LogP) is 3.43. The van der Waals surface area contributed by atoms with Crippen molar-refractivity contribution in [2.45, 2.75) is 33.1 Å². The Morgan fingerprint density at radius 1 is 1.25 bits per heavy atom. The number of benzene rings is 1. The Hall–Kier alpha value is -1.36. The minimum atomic E-state index is -1.46. The highest BCUT2D eigenvalue weighted by Gasteiger charge is 2.45. The van der Waals surface area contributed by atoms with E-state index in [4.69, 9.17) is 4.74 Å². The monoisotopic (exact) mass is 342 g/mol. The highest BCUT2D eigenvalue weighted by atomic mass is 79.9. The molecule has 0 saturated carbocycles. The first-order valence-electron chi connectivity index (χ1n) is 6.61. The van der Waals surface area contributed by atoms with Gasteiger partial charge in [-0.05, 0) is 43.9 Å². The van der Waals surface area contributed by atoms with Gasteiger partial charge in [-0.15, -0.1) is 0 Å². The third-order valence-corrected chi connectivity index (χ3v) is 3.96. The van der Waals surface area contributed by atoms with Crippen molar-refractivity contribution in [2.75, 3.05) is 6.61 Å². The molecule has 4 nitrogen and oxygen atoms in total. The molecule has 0 saturated heterocycles. The third kappa shape index (κ3) is 3.82. The van der Waals surface area contributed by atoms with Crippen LogP contribution < -0.4 is 0 Å². The number of ether oxygens (including phenoxy) is 1. The molecule has 0 radical (unpaired) electrons. The SMILES string of the molecule is CCOC(=O)C(CC)(CCc1ccc(Br)cc1)C(=O)O. The van der Waals surface area contributed by atoms with Gasteiger partial charge in [-0.1, -0.05) is 35.0 Å².